The van der Waals surface area contributed by atoms with Crippen molar-refractivity contribution in [3.8, 4) is 11.3 Å². The quantitative estimate of drug-likeness (QED) is 0.634. The van der Waals surface area contributed by atoms with Gasteiger partial charge in [-0.25, -0.2) is 0 Å². The van der Waals surface area contributed by atoms with Crippen LogP contribution in [0.1, 0.15) is 34.1 Å². The molecule has 1 N–H and O–H groups in total. The molecule has 2 aromatic carbocycles. The summed E-state index contributed by atoms with van der Waals surface area (Å²) in [4.78, 5) is 17.7. The fourth-order valence-corrected chi connectivity index (χ4v) is 4.65. The number of benzene rings is 2. The molecule has 6 nitrogen and oxygen atoms in total. The number of aromatic nitrogens is 2. The molecular weight excluding hydrogens is 412 g/mol. The van der Waals surface area contributed by atoms with E-state index in [4.69, 9.17) is 16.3 Å². The zero-order valence-corrected chi connectivity index (χ0v) is 18.0. The number of hydrogen-bond donors (Lipinski definition) is 1. The predicted molar refractivity (Wildman–Crippen MR) is 120 cm³/mol. The van der Waals surface area contributed by atoms with Crippen molar-refractivity contribution in [2.24, 2.45) is 0 Å². The maximum absolute atomic E-state index is 13.4. The molecule has 0 bridgehead atoms. The van der Waals surface area contributed by atoms with Crippen LogP contribution >= 0.6 is 11.6 Å². The number of carbonyl (C=O) groups is 1. The number of carbonyl (C=O) groups excluding carboxylic acids is 1. The van der Waals surface area contributed by atoms with E-state index in [-0.39, 0.29) is 11.9 Å². The van der Waals surface area contributed by atoms with Gasteiger partial charge in [0.05, 0.1) is 24.9 Å². The lowest BCUT2D eigenvalue weighted by atomic mass is 9.96. The topological polar surface area (TPSA) is 61.5 Å². The first-order valence-corrected chi connectivity index (χ1v) is 11.1. The average Bonchev–Trinajstić information content (AvgIpc) is 3.35. The number of fused-ring (bicyclic) bond motifs is 1. The summed E-state index contributed by atoms with van der Waals surface area (Å²) in [5.41, 5.74) is 4.39. The summed E-state index contributed by atoms with van der Waals surface area (Å²) in [7, 11) is 0. The second kappa shape index (κ2) is 8.83. The molecule has 1 atom stereocenters. The van der Waals surface area contributed by atoms with Crippen molar-refractivity contribution in [3.63, 3.8) is 0 Å². The Kier molecular flexibility index (Phi) is 5.76. The Hall–Kier alpha value is -2.67. The van der Waals surface area contributed by atoms with E-state index in [1.54, 1.807) is 0 Å². The Bertz CT molecular complexity index is 1050. The van der Waals surface area contributed by atoms with Crippen LogP contribution in [0.4, 0.5) is 0 Å². The number of hydrogen-bond acceptors (Lipinski definition) is 4. The standard InChI is InChI=1S/C24H25ClN4O2/c25-19-9-7-17(8-10-19)21-20-22(27-26-21)24(30)29(23(20)18-5-2-1-3-6-18)12-4-11-28-13-15-31-16-14-28/h1-3,5-10,23H,4,11-16H2,(H,26,27). The molecule has 3 heterocycles. The van der Waals surface area contributed by atoms with Gasteiger partial charge in [-0.2, -0.15) is 5.10 Å². The molecule has 1 aromatic heterocycles. The number of nitrogens with zero attached hydrogens (tertiary/aromatic N) is 3. The minimum atomic E-state index is -0.155. The molecule has 31 heavy (non-hydrogen) atoms. The molecule has 160 valence electrons. The van der Waals surface area contributed by atoms with Crippen LogP contribution in [0.2, 0.25) is 5.02 Å². The summed E-state index contributed by atoms with van der Waals surface area (Å²) in [5.74, 6) is 0.0125. The van der Waals surface area contributed by atoms with Crippen molar-refractivity contribution in [1.29, 1.82) is 0 Å². The molecule has 0 radical (unpaired) electrons. The third kappa shape index (κ3) is 3.99. The van der Waals surface area contributed by atoms with Crippen molar-refractivity contribution in [2.75, 3.05) is 39.4 Å². The minimum Gasteiger partial charge on any atom is -0.379 e. The summed E-state index contributed by atoms with van der Waals surface area (Å²) in [6, 6.07) is 17.7. The fourth-order valence-electron chi connectivity index (χ4n) is 4.53. The number of ether oxygens (including phenoxy) is 1. The maximum atomic E-state index is 13.4. The van der Waals surface area contributed by atoms with Gasteiger partial charge in [-0.15, -0.1) is 0 Å². The molecule has 5 rings (SSSR count). The van der Waals surface area contributed by atoms with Crippen LogP contribution < -0.4 is 0 Å². The van der Waals surface area contributed by atoms with Crippen LogP contribution in [0.5, 0.6) is 0 Å². The van der Waals surface area contributed by atoms with Gasteiger partial charge >= 0.3 is 0 Å². The number of morpholine rings is 1. The van der Waals surface area contributed by atoms with Crippen molar-refractivity contribution in [1.82, 2.24) is 20.0 Å². The molecule has 1 fully saturated rings. The van der Waals surface area contributed by atoms with E-state index in [0.717, 1.165) is 61.7 Å². The Morgan fingerprint density at radius 3 is 2.52 bits per heavy atom. The SMILES string of the molecule is O=C1c2[nH]nc(-c3ccc(Cl)cc3)c2C(c2ccccc2)N1CCCN1CCOCC1. The lowest BCUT2D eigenvalue weighted by Gasteiger charge is -2.29. The number of rotatable bonds is 6. The molecule has 1 saturated heterocycles. The molecule has 1 unspecified atom stereocenters. The summed E-state index contributed by atoms with van der Waals surface area (Å²) >= 11 is 6.08. The van der Waals surface area contributed by atoms with Gasteiger partial charge in [-0.05, 0) is 24.1 Å². The smallest absolute Gasteiger partial charge is 0.273 e. The predicted octanol–water partition coefficient (Wildman–Crippen LogP) is 4.00. The van der Waals surface area contributed by atoms with Gasteiger partial charge in [0, 0.05) is 42.3 Å². The molecule has 1 amide bonds. The van der Waals surface area contributed by atoms with Gasteiger partial charge in [0.15, 0.2) is 0 Å². The monoisotopic (exact) mass is 436 g/mol. The molecule has 0 spiro atoms. The lowest BCUT2D eigenvalue weighted by Crippen LogP contribution is -2.38. The Morgan fingerprint density at radius 2 is 1.77 bits per heavy atom. The van der Waals surface area contributed by atoms with Crippen LogP contribution in [0.25, 0.3) is 11.3 Å². The highest BCUT2D eigenvalue weighted by Gasteiger charge is 2.41. The molecule has 3 aromatic rings. The van der Waals surface area contributed by atoms with E-state index < -0.39 is 0 Å². The summed E-state index contributed by atoms with van der Waals surface area (Å²) in [6.45, 7) is 5.15. The molecule has 7 heteroatoms. The fraction of sp³-hybridized carbons (Fsp3) is 0.333. The van der Waals surface area contributed by atoms with Crippen molar-refractivity contribution >= 4 is 17.5 Å². The highest BCUT2D eigenvalue weighted by Crippen LogP contribution is 2.42. The molecule has 0 aliphatic carbocycles. The van der Waals surface area contributed by atoms with Gasteiger partial charge < -0.3 is 9.64 Å². The largest absolute Gasteiger partial charge is 0.379 e. The highest BCUT2D eigenvalue weighted by atomic mass is 35.5. The third-order valence-corrected chi connectivity index (χ3v) is 6.33. The maximum Gasteiger partial charge on any atom is 0.273 e. The van der Waals surface area contributed by atoms with E-state index >= 15 is 0 Å². The van der Waals surface area contributed by atoms with Gasteiger partial charge in [-0.3, -0.25) is 14.8 Å². The zero-order chi connectivity index (χ0) is 21.2. The average molecular weight is 437 g/mol. The van der Waals surface area contributed by atoms with E-state index in [1.165, 1.54) is 0 Å². The van der Waals surface area contributed by atoms with Gasteiger partial charge in [-0.1, -0.05) is 54.1 Å². The van der Waals surface area contributed by atoms with Crippen LogP contribution in [-0.2, 0) is 4.74 Å². The van der Waals surface area contributed by atoms with Crippen LogP contribution in [-0.4, -0.2) is 65.3 Å². The van der Waals surface area contributed by atoms with Crippen LogP contribution in [0.15, 0.2) is 54.6 Å². The first-order valence-electron chi connectivity index (χ1n) is 10.7. The highest BCUT2D eigenvalue weighted by molar-refractivity contribution is 6.30. The van der Waals surface area contributed by atoms with E-state index in [9.17, 15) is 4.79 Å². The molecule has 2 aliphatic heterocycles. The Labute approximate surface area is 186 Å². The number of nitrogens with one attached hydrogen (secondary N) is 1. The van der Waals surface area contributed by atoms with Crippen LogP contribution in [0.3, 0.4) is 0 Å². The van der Waals surface area contributed by atoms with Gasteiger partial charge in [0.1, 0.15) is 5.69 Å². The minimum absolute atomic E-state index is 0.0125. The molecule has 2 aliphatic rings. The first kappa shape index (κ1) is 20.2. The van der Waals surface area contributed by atoms with Gasteiger partial charge in [0.25, 0.3) is 5.91 Å². The van der Waals surface area contributed by atoms with Crippen molar-refractivity contribution in [2.45, 2.75) is 12.5 Å². The van der Waals surface area contributed by atoms with Crippen molar-refractivity contribution < 1.29 is 9.53 Å². The summed E-state index contributed by atoms with van der Waals surface area (Å²) < 4.78 is 5.44. The van der Waals surface area contributed by atoms with Crippen molar-refractivity contribution in [3.05, 3.63) is 76.4 Å². The number of H-pyrrole nitrogens is 1. The van der Waals surface area contributed by atoms with E-state index in [0.29, 0.717) is 17.3 Å². The Balaban J connectivity index is 1.45. The number of halogens is 1. The third-order valence-electron chi connectivity index (χ3n) is 6.07. The zero-order valence-electron chi connectivity index (χ0n) is 17.3. The summed E-state index contributed by atoms with van der Waals surface area (Å²) in [6.07, 6.45) is 0.920. The van der Waals surface area contributed by atoms with E-state index in [2.05, 4.69) is 27.2 Å². The molecule has 0 saturated carbocycles. The number of amides is 1. The molecular formula is C24H25ClN4O2. The van der Waals surface area contributed by atoms with E-state index in [1.807, 2.05) is 47.4 Å². The summed E-state index contributed by atoms with van der Waals surface area (Å²) in [5, 5.41) is 8.21. The Morgan fingerprint density at radius 1 is 1.03 bits per heavy atom. The lowest BCUT2D eigenvalue weighted by molar-refractivity contribution is 0.0354. The van der Waals surface area contributed by atoms with Crippen LogP contribution in [0, 0.1) is 0 Å². The van der Waals surface area contributed by atoms with Gasteiger partial charge in [0.2, 0.25) is 0 Å². The normalized spacial score (nSPS) is 19.1. The second-order valence-corrected chi connectivity index (χ2v) is 8.42. The first-order chi connectivity index (χ1) is 15.2. The number of aromatic amines is 1. The second-order valence-electron chi connectivity index (χ2n) is 7.99.